The Kier molecular flexibility index (Phi) is 6.51. The fourth-order valence-electron chi connectivity index (χ4n) is 4.05. The fourth-order valence-corrected chi connectivity index (χ4v) is 4.95. The maximum absolute atomic E-state index is 9.68. The van der Waals surface area contributed by atoms with Crippen molar-refractivity contribution < 1.29 is 5.11 Å². The van der Waals surface area contributed by atoms with Gasteiger partial charge in [0.25, 0.3) is 0 Å². The van der Waals surface area contributed by atoms with Gasteiger partial charge < -0.3 is 20.6 Å². The summed E-state index contributed by atoms with van der Waals surface area (Å²) < 4.78 is 0. The molecule has 1 aromatic carbocycles. The molecule has 0 amide bonds. The normalized spacial score (nSPS) is 20.3. The van der Waals surface area contributed by atoms with Crippen LogP contribution >= 0.6 is 11.3 Å². The highest BCUT2D eigenvalue weighted by Gasteiger charge is 2.22. The molecule has 7 heteroatoms. The Morgan fingerprint density at radius 1 is 1.07 bits per heavy atom. The van der Waals surface area contributed by atoms with Crippen molar-refractivity contribution in [1.82, 2.24) is 15.3 Å². The fraction of sp³-hybridized carbons (Fsp3) is 0.478. The highest BCUT2D eigenvalue weighted by atomic mass is 32.1. The van der Waals surface area contributed by atoms with E-state index in [1.165, 1.54) is 4.88 Å². The highest BCUT2D eigenvalue weighted by Crippen LogP contribution is 2.27. The molecular formula is C23H31N5OS. The van der Waals surface area contributed by atoms with E-state index in [1.54, 1.807) is 11.3 Å². The number of anilines is 2. The van der Waals surface area contributed by atoms with E-state index in [1.807, 2.05) is 50.2 Å². The van der Waals surface area contributed by atoms with Crippen molar-refractivity contribution in [3.63, 3.8) is 0 Å². The number of aliphatic hydroxyl groups excluding tert-OH is 1. The van der Waals surface area contributed by atoms with Crippen molar-refractivity contribution in [2.24, 2.45) is 0 Å². The molecule has 1 saturated carbocycles. The summed E-state index contributed by atoms with van der Waals surface area (Å²) in [5.41, 5.74) is 0.974. The van der Waals surface area contributed by atoms with Gasteiger partial charge in [0.2, 0.25) is 5.95 Å². The largest absolute Gasteiger partial charge is 0.388 e. The predicted octanol–water partition coefficient (Wildman–Crippen LogP) is 4.32. The summed E-state index contributed by atoms with van der Waals surface area (Å²) in [7, 11) is 4.04. The lowest BCUT2D eigenvalue weighted by atomic mass is 9.91. The first kappa shape index (κ1) is 21.0. The first-order chi connectivity index (χ1) is 14.5. The monoisotopic (exact) mass is 425 g/mol. The van der Waals surface area contributed by atoms with Crippen LogP contribution in [-0.2, 0) is 6.54 Å². The molecule has 1 fully saturated rings. The van der Waals surface area contributed by atoms with Gasteiger partial charge in [-0.15, -0.1) is 11.3 Å². The molecule has 1 aliphatic rings. The van der Waals surface area contributed by atoms with Crippen LogP contribution in [0.1, 0.15) is 48.5 Å². The average molecular weight is 426 g/mol. The first-order valence-corrected chi connectivity index (χ1v) is 11.5. The summed E-state index contributed by atoms with van der Waals surface area (Å²) in [6.45, 7) is 2.69. The number of benzene rings is 1. The van der Waals surface area contributed by atoms with Crippen LogP contribution in [0.2, 0.25) is 0 Å². The van der Waals surface area contributed by atoms with Gasteiger partial charge in [-0.3, -0.25) is 0 Å². The van der Waals surface area contributed by atoms with Gasteiger partial charge in [0.1, 0.15) is 5.82 Å². The maximum Gasteiger partial charge on any atom is 0.225 e. The summed E-state index contributed by atoms with van der Waals surface area (Å²) >= 11 is 1.69. The molecule has 0 aliphatic heterocycles. The minimum Gasteiger partial charge on any atom is -0.388 e. The lowest BCUT2D eigenvalue weighted by molar-refractivity contribution is 0.203. The summed E-state index contributed by atoms with van der Waals surface area (Å²) in [6.07, 6.45) is 4.11. The van der Waals surface area contributed by atoms with Gasteiger partial charge in [-0.1, -0.05) is 12.1 Å². The van der Waals surface area contributed by atoms with E-state index in [2.05, 4.69) is 22.8 Å². The van der Waals surface area contributed by atoms with Crippen molar-refractivity contribution in [2.75, 3.05) is 24.3 Å². The molecule has 160 valence electrons. The van der Waals surface area contributed by atoms with Gasteiger partial charge in [-0.05, 0) is 56.9 Å². The summed E-state index contributed by atoms with van der Waals surface area (Å²) in [5, 5.41) is 18.0. The molecule has 1 unspecified atom stereocenters. The second-order valence-corrected chi connectivity index (χ2v) is 9.54. The number of fused-ring (bicyclic) bond motifs is 1. The van der Waals surface area contributed by atoms with Crippen LogP contribution in [0.4, 0.5) is 11.8 Å². The second-order valence-electron chi connectivity index (χ2n) is 8.34. The number of thiophene rings is 1. The molecule has 2 aromatic heterocycles. The van der Waals surface area contributed by atoms with Crippen LogP contribution in [0.3, 0.4) is 0 Å². The molecule has 0 bridgehead atoms. The van der Waals surface area contributed by atoms with Crippen molar-refractivity contribution in [1.29, 1.82) is 0 Å². The molecule has 4 rings (SSSR count). The molecule has 2 heterocycles. The first-order valence-electron chi connectivity index (χ1n) is 10.7. The van der Waals surface area contributed by atoms with Crippen LogP contribution in [0.5, 0.6) is 0 Å². The zero-order valence-electron chi connectivity index (χ0n) is 17.9. The Hall–Kier alpha value is -2.22. The van der Waals surface area contributed by atoms with Gasteiger partial charge in [0.05, 0.1) is 11.6 Å². The molecule has 0 saturated heterocycles. The second kappa shape index (κ2) is 9.29. The van der Waals surface area contributed by atoms with E-state index >= 15 is 0 Å². The maximum atomic E-state index is 9.68. The van der Waals surface area contributed by atoms with Gasteiger partial charge >= 0.3 is 0 Å². The van der Waals surface area contributed by atoms with Crippen molar-refractivity contribution in [3.8, 4) is 0 Å². The third-order valence-electron chi connectivity index (χ3n) is 5.73. The molecule has 3 aromatic rings. The van der Waals surface area contributed by atoms with E-state index < -0.39 is 0 Å². The van der Waals surface area contributed by atoms with Crippen LogP contribution in [0.15, 0.2) is 36.4 Å². The molecule has 30 heavy (non-hydrogen) atoms. The lowest BCUT2D eigenvalue weighted by Gasteiger charge is -2.30. The molecule has 1 aliphatic carbocycles. The zero-order valence-corrected chi connectivity index (χ0v) is 18.7. The SMILES string of the molecule is CC(O)c1ccc(CNC2CCC(Nc3nc(N(C)C)c4ccccc4n3)CC2)s1. The van der Waals surface area contributed by atoms with E-state index in [0.717, 1.165) is 59.8 Å². The molecular weight excluding hydrogens is 394 g/mol. The van der Waals surface area contributed by atoms with Gasteiger partial charge in [0.15, 0.2) is 0 Å². The smallest absolute Gasteiger partial charge is 0.225 e. The van der Waals surface area contributed by atoms with Crippen LogP contribution in [0, 0.1) is 0 Å². The minimum atomic E-state index is -0.379. The average Bonchev–Trinajstić information content (AvgIpc) is 3.22. The topological polar surface area (TPSA) is 73.3 Å². The van der Waals surface area contributed by atoms with Crippen molar-refractivity contribution in [3.05, 3.63) is 46.2 Å². The molecule has 6 nitrogen and oxygen atoms in total. The molecule has 0 spiro atoms. The minimum absolute atomic E-state index is 0.379. The van der Waals surface area contributed by atoms with Gasteiger partial charge in [0, 0.05) is 47.9 Å². The van der Waals surface area contributed by atoms with Gasteiger partial charge in [-0.2, -0.15) is 4.98 Å². The Labute approximate surface area is 182 Å². The number of rotatable bonds is 7. The van der Waals surface area contributed by atoms with Crippen LogP contribution < -0.4 is 15.5 Å². The summed E-state index contributed by atoms with van der Waals surface area (Å²) in [5.74, 6) is 1.67. The predicted molar refractivity (Wildman–Crippen MR) is 125 cm³/mol. The number of nitrogens with one attached hydrogen (secondary N) is 2. The van der Waals surface area contributed by atoms with E-state index in [-0.39, 0.29) is 6.10 Å². The zero-order chi connectivity index (χ0) is 21.1. The van der Waals surface area contributed by atoms with Crippen molar-refractivity contribution in [2.45, 2.75) is 57.3 Å². The van der Waals surface area contributed by atoms with Crippen LogP contribution in [-0.4, -0.2) is 41.3 Å². The number of hydrogen-bond acceptors (Lipinski definition) is 7. The van der Waals surface area contributed by atoms with E-state index in [0.29, 0.717) is 12.1 Å². The number of aromatic nitrogens is 2. The van der Waals surface area contributed by atoms with E-state index in [9.17, 15) is 5.11 Å². The Morgan fingerprint density at radius 2 is 1.80 bits per heavy atom. The van der Waals surface area contributed by atoms with Crippen LogP contribution in [0.25, 0.3) is 10.9 Å². The standard InChI is InChI=1S/C23H31N5OS/c1-15(29)21-13-12-18(30-21)14-24-16-8-10-17(11-9-16)25-23-26-20-7-5-4-6-19(20)22(27-23)28(2)3/h4-7,12-13,15-17,24,29H,8-11,14H2,1-3H3,(H,25,26,27). The van der Waals surface area contributed by atoms with Gasteiger partial charge in [-0.25, -0.2) is 4.98 Å². The molecule has 3 N–H and O–H groups in total. The van der Waals surface area contributed by atoms with E-state index in [4.69, 9.17) is 9.97 Å². The quantitative estimate of drug-likeness (QED) is 0.523. The van der Waals surface area contributed by atoms with Crippen molar-refractivity contribution >= 4 is 34.0 Å². The Bertz CT molecular complexity index is 979. The third-order valence-corrected chi connectivity index (χ3v) is 6.98. The molecule has 0 radical (unpaired) electrons. The molecule has 1 atom stereocenters. The highest BCUT2D eigenvalue weighted by molar-refractivity contribution is 7.12. The Balaban J connectivity index is 1.32. The number of para-hydroxylation sites is 1. The number of hydrogen-bond donors (Lipinski definition) is 3. The lowest BCUT2D eigenvalue weighted by Crippen LogP contribution is -2.36. The number of nitrogens with zero attached hydrogens (tertiary/aromatic N) is 3. The summed E-state index contributed by atoms with van der Waals surface area (Å²) in [6, 6.07) is 13.3. The number of aliphatic hydroxyl groups is 1. The Morgan fingerprint density at radius 3 is 2.50 bits per heavy atom. The summed E-state index contributed by atoms with van der Waals surface area (Å²) in [4.78, 5) is 13.9. The third kappa shape index (κ3) is 4.91.